The third kappa shape index (κ3) is 2.16. The van der Waals surface area contributed by atoms with Gasteiger partial charge in [0.25, 0.3) is 0 Å². The average Bonchev–Trinajstić information content (AvgIpc) is 2.61. The highest BCUT2D eigenvalue weighted by molar-refractivity contribution is 5.94. The van der Waals surface area contributed by atoms with Gasteiger partial charge in [0.2, 0.25) is 5.91 Å². The maximum absolute atomic E-state index is 11.6. The predicted molar refractivity (Wildman–Crippen MR) is 75.4 cm³/mol. The minimum absolute atomic E-state index is 0.0623. The summed E-state index contributed by atoms with van der Waals surface area (Å²) in [7, 11) is 0. The summed E-state index contributed by atoms with van der Waals surface area (Å²) < 4.78 is 5.52. The van der Waals surface area contributed by atoms with Crippen molar-refractivity contribution in [2.45, 2.75) is 13.3 Å². The van der Waals surface area contributed by atoms with E-state index in [-0.39, 0.29) is 5.91 Å². The second-order valence-electron chi connectivity index (χ2n) is 4.58. The predicted octanol–water partition coefficient (Wildman–Crippen LogP) is 1.76. The smallest absolute Gasteiger partial charge is 0.227 e. The van der Waals surface area contributed by atoms with Gasteiger partial charge < -0.3 is 15.8 Å². The van der Waals surface area contributed by atoms with E-state index in [9.17, 15) is 4.79 Å². The molecule has 3 N–H and O–H groups in total. The van der Waals surface area contributed by atoms with E-state index in [2.05, 4.69) is 15.3 Å². The highest BCUT2D eigenvalue weighted by atomic mass is 16.5. The molecule has 0 fully saturated rings. The van der Waals surface area contributed by atoms with E-state index < -0.39 is 0 Å². The SMILES string of the molecule is Cc1ncnc(-c2ccc3c(c2)NC(=O)CCO3)c1N. The standard InChI is InChI=1S/C14H14N4O2/c1-8-13(15)14(17-7-16-8)9-2-3-11-10(6-9)18-12(19)4-5-20-11/h2-3,6-7H,4-5,15H2,1H3,(H,18,19). The molecule has 0 unspecified atom stereocenters. The molecule has 102 valence electrons. The van der Waals surface area contributed by atoms with Gasteiger partial charge in [-0.05, 0) is 25.1 Å². The molecule has 0 atom stereocenters. The van der Waals surface area contributed by atoms with Crippen LogP contribution in [0.2, 0.25) is 0 Å². The highest BCUT2D eigenvalue weighted by Gasteiger charge is 2.16. The van der Waals surface area contributed by atoms with Crippen molar-refractivity contribution < 1.29 is 9.53 Å². The molecular formula is C14H14N4O2. The van der Waals surface area contributed by atoms with Crippen LogP contribution in [0.15, 0.2) is 24.5 Å². The number of ether oxygens (including phenoxy) is 1. The summed E-state index contributed by atoms with van der Waals surface area (Å²) in [5, 5.41) is 2.82. The van der Waals surface area contributed by atoms with Crippen molar-refractivity contribution in [3.8, 4) is 17.0 Å². The molecule has 0 spiro atoms. The van der Waals surface area contributed by atoms with Gasteiger partial charge in [-0.1, -0.05) is 0 Å². The summed E-state index contributed by atoms with van der Waals surface area (Å²) >= 11 is 0. The van der Waals surface area contributed by atoms with E-state index in [0.717, 1.165) is 11.3 Å². The van der Waals surface area contributed by atoms with Crippen LogP contribution in [0, 0.1) is 6.92 Å². The quantitative estimate of drug-likeness (QED) is 0.824. The molecule has 0 saturated carbocycles. The molecular weight excluding hydrogens is 256 g/mol. The van der Waals surface area contributed by atoms with Crippen molar-refractivity contribution in [2.24, 2.45) is 0 Å². The molecule has 1 amide bonds. The third-order valence-electron chi connectivity index (χ3n) is 3.20. The Labute approximate surface area is 116 Å². The van der Waals surface area contributed by atoms with Crippen LogP contribution in [0.25, 0.3) is 11.3 Å². The summed E-state index contributed by atoms with van der Waals surface area (Å²) in [6.45, 7) is 2.21. The second kappa shape index (κ2) is 4.80. The van der Waals surface area contributed by atoms with E-state index in [4.69, 9.17) is 10.5 Å². The van der Waals surface area contributed by atoms with Gasteiger partial charge in [-0.3, -0.25) is 4.79 Å². The number of anilines is 2. The van der Waals surface area contributed by atoms with Gasteiger partial charge in [0.05, 0.1) is 35.8 Å². The molecule has 0 radical (unpaired) electrons. The molecule has 1 aromatic heterocycles. The first-order chi connectivity index (χ1) is 9.65. The zero-order chi connectivity index (χ0) is 14.1. The molecule has 0 saturated heterocycles. The topological polar surface area (TPSA) is 90.1 Å². The maximum Gasteiger partial charge on any atom is 0.227 e. The van der Waals surface area contributed by atoms with Gasteiger partial charge in [0.15, 0.2) is 0 Å². The molecule has 0 aliphatic carbocycles. The molecule has 2 aromatic rings. The van der Waals surface area contributed by atoms with E-state index >= 15 is 0 Å². The largest absolute Gasteiger partial charge is 0.491 e. The minimum Gasteiger partial charge on any atom is -0.491 e. The van der Waals surface area contributed by atoms with Gasteiger partial charge in [0, 0.05) is 5.56 Å². The van der Waals surface area contributed by atoms with Crippen molar-refractivity contribution >= 4 is 17.3 Å². The maximum atomic E-state index is 11.6. The molecule has 20 heavy (non-hydrogen) atoms. The zero-order valence-electron chi connectivity index (χ0n) is 11.0. The first kappa shape index (κ1) is 12.4. The number of fused-ring (bicyclic) bond motifs is 1. The summed E-state index contributed by atoms with van der Waals surface area (Å²) in [6.07, 6.45) is 1.82. The average molecular weight is 270 g/mol. The molecule has 6 nitrogen and oxygen atoms in total. The highest BCUT2D eigenvalue weighted by Crippen LogP contribution is 2.33. The number of hydrogen-bond acceptors (Lipinski definition) is 5. The number of amides is 1. The lowest BCUT2D eigenvalue weighted by Gasteiger charge is -2.11. The van der Waals surface area contributed by atoms with Crippen LogP contribution in [0.4, 0.5) is 11.4 Å². The van der Waals surface area contributed by atoms with E-state index in [0.29, 0.717) is 35.8 Å². The van der Waals surface area contributed by atoms with Crippen LogP contribution in [0.1, 0.15) is 12.1 Å². The number of benzene rings is 1. The van der Waals surface area contributed by atoms with E-state index in [1.165, 1.54) is 6.33 Å². The van der Waals surface area contributed by atoms with Gasteiger partial charge in [-0.25, -0.2) is 9.97 Å². The Morgan fingerprint density at radius 3 is 3.05 bits per heavy atom. The molecule has 0 bridgehead atoms. The molecule has 2 heterocycles. The Balaban J connectivity index is 2.08. The Morgan fingerprint density at radius 2 is 2.20 bits per heavy atom. The first-order valence-corrected chi connectivity index (χ1v) is 6.29. The van der Waals surface area contributed by atoms with E-state index in [1.54, 1.807) is 0 Å². The fourth-order valence-corrected chi connectivity index (χ4v) is 2.08. The molecule has 1 aliphatic rings. The number of aryl methyl sites for hydroxylation is 1. The van der Waals surface area contributed by atoms with Gasteiger partial charge >= 0.3 is 0 Å². The molecule has 1 aliphatic heterocycles. The van der Waals surface area contributed by atoms with Crippen molar-refractivity contribution in [3.05, 3.63) is 30.2 Å². The van der Waals surface area contributed by atoms with Crippen LogP contribution in [0.5, 0.6) is 5.75 Å². The van der Waals surface area contributed by atoms with Crippen molar-refractivity contribution in [3.63, 3.8) is 0 Å². The molecule has 3 rings (SSSR count). The molecule has 1 aromatic carbocycles. The summed E-state index contributed by atoms with van der Waals surface area (Å²) in [5.41, 5.74) is 9.38. The van der Waals surface area contributed by atoms with Crippen molar-refractivity contribution in [2.75, 3.05) is 17.7 Å². The number of nitrogens with one attached hydrogen (secondary N) is 1. The number of carbonyl (C=O) groups excluding carboxylic acids is 1. The lowest BCUT2D eigenvalue weighted by atomic mass is 10.1. The minimum atomic E-state index is -0.0623. The van der Waals surface area contributed by atoms with Crippen LogP contribution >= 0.6 is 0 Å². The summed E-state index contributed by atoms with van der Waals surface area (Å²) in [4.78, 5) is 19.8. The Kier molecular flexibility index (Phi) is 2.98. The number of nitrogens with zero attached hydrogens (tertiary/aromatic N) is 2. The molecule has 6 heteroatoms. The Hall–Kier alpha value is -2.63. The van der Waals surface area contributed by atoms with Gasteiger partial charge in [0.1, 0.15) is 12.1 Å². The Bertz CT molecular complexity index is 685. The first-order valence-electron chi connectivity index (χ1n) is 6.29. The second-order valence-corrected chi connectivity index (χ2v) is 4.58. The van der Waals surface area contributed by atoms with Crippen LogP contribution in [-0.4, -0.2) is 22.5 Å². The van der Waals surface area contributed by atoms with Gasteiger partial charge in [-0.2, -0.15) is 0 Å². The third-order valence-corrected chi connectivity index (χ3v) is 3.20. The number of nitrogen functional groups attached to an aromatic ring is 1. The monoisotopic (exact) mass is 270 g/mol. The number of aromatic nitrogens is 2. The fraction of sp³-hybridized carbons (Fsp3) is 0.214. The summed E-state index contributed by atoms with van der Waals surface area (Å²) in [6, 6.07) is 5.50. The van der Waals surface area contributed by atoms with Crippen LogP contribution in [-0.2, 0) is 4.79 Å². The number of rotatable bonds is 1. The zero-order valence-corrected chi connectivity index (χ0v) is 11.0. The lowest BCUT2D eigenvalue weighted by Crippen LogP contribution is -2.10. The number of carbonyl (C=O) groups is 1. The van der Waals surface area contributed by atoms with Gasteiger partial charge in [-0.15, -0.1) is 0 Å². The Morgan fingerprint density at radius 1 is 1.35 bits per heavy atom. The van der Waals surface area contributed by atoms with Crippen molar-refractivity contribution in [1.82, 2.24) is 9.97 Å². The van der Waals surface area contributed by atoms with Crippen LogP contribution in [0.3, 0.4) is 0 Å². The fourth-order valence-electron chi connectivity index (χ4n) is 2.08. The van der Waals surface area contributed by atoms with Crippen molar-refractivity contribution in [1.29, 1.82) is 0 Å². The number of nitrogens with two attached hydrogens (primary N) is 1. The number of hydrogen-bond donors (Lipinski definition) is 2. The normalized spacial score (nSPS) is 13.9. The summed E-state index contributed by atoms with van der Waals surface area (Å²) in [5.74, 6) is 0.594. The lowest BCUT2D eigenvalue weighted by molar-refractivity contribution is -0.116. The van der Waals surface area contributed by atoms with Crippen LogP contribution < -0.4 is 15.8 Å². The van der Waals surface area contributed by atoms with E-state index in [1.807, 2.05) is 25.1 Å².